The van der Waals surface area contributed by atoms with E-state index in [4.69, 9.17) is 9.47 Å². The first-order chi connectivity index (χ1) is 13.2. The van der Waals surface area contributed by atoms with Crippen LogP contribution >= 0.6 is 0 Å². The molecule has 7 nitrogen and oxygen atoms in total. The van der Waals surface area contributed by atoms with E-state index in [0.717, 1.165) is 11.3 Å². The van der Waals surface area contributed by atoms with Crippen LogP contribution in [-0.2, 0) is 16.1 Å². The van der Waals surface area contributed by atoms with Crippen molar-refractivity contribution in [2.45, 2.75) is 6.61 Å². The molecule has 0 unspecified atom stereocenters. The largest absolute Gasteiger partial charge is 0.479 e. The van der Waals surface area contributed by atoms with Crippen LogP contribution in [0.2, 0.25) is 0 Å². The number of nitrogens with one attached hydrogen (secondary N) is 1. The second-order valence-corrected chi connectivity index (χ2v) is 6.50. The van der Waals surface area contributed by atoms with Gasteiger partial charge in [0.2, 0.25) is 0 Å². The molecule has 0 atom stereocenters. The Balaban J connectivity index is 1.35. The maximum absolute atomic E-state index is 12.3. The minimum atomic E-state index is -0.294. The van der Waals surface area contributed by atoms with Crippen molar-refractivity contribution in [3.63, 3.8) is 0 Å². The molecule has 2 aliphatic heterocycles. The summed E-state index contributed by atoms with van der Waals surface area (Å²) >= 11 is 0. The number of para-hydroxylation sites is 1. The van der Waals surface area contributed by atoms with E-state index in [1.54, 1.807) is 4.90 Å². The Labute approximate surface area is 157 Å². The molecule has 2 aromatic carbocycles. The summed E-state index contributed by atoms with van der Waals surface area (Å²) in [6, 6.07) is 15.3. The lowest BCUT2D eigenvalue weighted by molar-refractivity contribution is -0.118. The number of ether oxygens (including phenoxy) is 2. The summed E-state index contributed by atoms with van der Waals surface area (Å²) in [6.07, 6.45) is -0.294. The molecule has 140 valence electrons. The Morgan fingerprint density at radius 3 is 2.59 bits per heavy atom. The van der Waals surface area contributed by atoms with E-state index in [1.165, 1.54) is 0 Å². The van der Waals surface area contributed by atoms with E-state index < -0.39 is 0 Å². The molecule has 2 aliphatic rings. The maximum Gasteiger partial charge on any atom is 0.410 e. The maximum atomic E-state index is 12.3. The summed E-state index contributed by atoms with van der Waals surface area (Å²) in [5.41, 5.74) is 2.60. The van der Waals surface area contributed by atoms with Gasteiger partial charge in [-0.25, -0.2) is 4.79 Å². The highest BCUT2D eigenvalue weighted by molar-refractivity contribution is 5.97. The van der Waals surface area contributed by atoms with Gasteiger partial charge in [-0.3, -0.25) is 4.79 Å². The first-order valence-electron chi connectivity index (χ1n) is 8.97. The fourth-order valence-electron chi connectivity index (χ4n) is 3.29. The second kappa shape index (κ2) is 7.57. The van der Waals surface area contributed by atoms with Crippen molar-refractivity contribution in [3.8, 4) is 5.75 Å². The molecule has 4 rings (SSSR count). The van der Waals surface area contributed by atoms with Gasteiger partial charge in [0.15, 0.2) is 12.4 Å². The molecule has 1 fully saturated rings. The molecule has 0 radical (unpaired) electrons. The Kier molecular flexibility index (Phi) is 4.82. The van der Waals surface area contributed by atoms with Crippen LogP contribution in [0.15, 0.2) is 48.5 Å². The SMILES string of the molecule is O=C1COc2c(cccc2N2CCN(C(=O)OCc3ccccc3)CC2)N1. The van der Waals surface area contributed by atoms with Gasteiger partial charge in [-0.15, -0.1) is 0 Å². The zero-order valence-corrected chi connectivity index (χ0v) is 14.9. The third-order valence-electron chi connectivity index (χ3n) is 4.70. The quantitative estimate of drug-likeness (QED) is 0.902. The number of rotatable bonds is 3. The van der Waals surface area contributed by atoms with Crippen molar-refractivity contribution in [2.24, 2.45) is 0 Å². The van der Waals surface area contributed by atoms with Gasteiger partial charge in [0, 0.05) is 26.2 Å². The third kappa shape index (κ3) is 3.81. The second-order valence-electron chi connectivity index (χ2n) is 6.50. The molecule has 2 amide bonds. The van der Waals surface area contributed by atoms with Crippen LogP contribution in [0.4, 0.5) is 16.2 Å². The number of carbonyl (C=O) groups excluding carboxylic acids is 2. The van der Waals surface area contributed by atoms with E-state index in [0.29, 0.717) is 37.6 Å². The summed E-state index contributed by atoms with van der Waals surface area (Å²) in [6.45, 7) is 2.80. The Morgan fingerprint density at radius 2 is 1.81 bits per heavy atom. The fourth-order valence-corrected chi connectivity index (χ4v) is 3.29. The van der Waals surface area contributed by atoms with Crippen LogP contribution < -0.4 is 15.0 Å². The average Bonchev–Trinajstić information content (AvgIpc) is 2.72. The Morgan fingerprint density at radius 1 is 1.04 bits per heavy atom. The Hall–Kier alpha value is -3.22. The highest BCUT2D eigenvalue weighted by atomic mass is 16.6. The van der Waals surface area contributed by atoms with Crippen LogP contribution in [0.5, 0.6) is 5.75 Å². The number of fused-ring (bicyclic) bond motifs is 1. The van der Waals surface area contributed by atoms with Crippen molar-refractivity contribution < 1.29 is 19.1 Å². The predicted octanol–water partition coefficient (Wildman–Crippen LogP) is 2.48. The summed E-state index contributed by atoms with van der Waals surface area (Å²) in [7, 11) is 0. The number of benzene rings is 2. The topological polar surface area (TPSA) is 71.1 Å². The van der Waals surface area contributed by atoms with Crippen molar-refractivity contribution in [1.82, 2.24) is 4.90 Å². The van der Waals surface area contributed by atoms with Crippen LogP contribution in [0.25, 0.3) is 0 Å². The van der Waals surface area contributed by atoms with Crippen LogP contribution in [0.1, 0.15) is 5.56 Å². The minimum absolute atomic E-state index is 0.0236. The number of hydrogen-bond acceptors (Lipinski definition) is 5. The number of carbonyl (C=O) groups is 2. The van der Waals surface area contributed by atoms with Gasteiger partial charge in [-0.1, -0.05) is 36.4 Å². The van der Waals surface area contributed by atoms with Crippen molar-refractivity contribution in [1.29, 1.82) is 0 Å². The van der Waals surface area contributed by atoms with Gasteiger partial charge in [0.05, 0.1) is 11.4 Å². The molecule has 1 saturated heterocycles. The molecule has 1 N–H and O–H groups in total. The first kappa shape index (κ1) is 17.2. The average molecular weight is 367 g/mol. The molecular formula is C20H21N3O4. The van der Waals surface area contributed by atoms with Gasteiger partial charge in [-0.05, 0) is 17.7 Å². The molecule has 0 bridgehead atoms. The van der Waals surface area contributed by atoms with E-state index in [9.17, 15) is 9.59 Å². The molecule has 0 spiro atoms. The van der Waals surface area contributed by atoms with E-state index >= 15 is 0 Å². The lowest BCUT2D eigenvalue weighted by Gasteiger charge is -2.36. The zero-order chi connectivity index (χ0) is 18.6. The van der Waals surface area contributed by atoms with Gasteiger partial charge in [0.1, 0.15) is 6.61 Å². The summed E-state index contributed by atoms with van der Waals surface area (Å²) in [5.74, 6) is 0.544. The Bertz CT molecular complexity index is 832. The zero-order valence-electron chi connectivity index (χ0n) is 14.9. The molecule has 7 heteroatoms. The first-order valence-corrected chi connectivity index (χ1v) is 8.97. The van der Waals surface area contributed by atoms with Crippen LogP contribution in [0.3, 0.4) is 0 Å². The lowest BCUT2D eigenvalue weighted by atomic mass is 10.2. The number of anilines is 2. The van der Waals surface area contributed by atoms with Crippen molar-refractivity contribution in [3.05, 3.63) is 54.1 Å². The van der Waals surface area contributed by atoms with E-state index in [2.05, 4.69) is 10.2 Å². The van der Waals surface area contributed by atoms with Crippen molar-refractivity contribution in [2.75, 3.05) is 43.0 Å². The van der Waals surface area contributed by atoms with E-state index in [-0.39, 0.29) is 25.2 Å². The van der Waals surface area contributed by atoms with Crippen LogP contribution in [-0.4, -0.2) is 49.7 Å². The smallest absolute Gasteiger partial charge is 0.410 e. The normalized spacial score (nSPS) is 16.2. The van der Waals surface area contributed by atoms with Gasteiger partial charge >= 0.3 is 6.09 Å². The standard InChI is InChI=1S/C20H21N3O4/c24-18-14-26-19-16(21-18)7-4-8-17(19)22-9-11-23(12-10-22)20(25)27-13-15-5-2-1-3-6-15/h1-8H,9-14H2,(H,21,24). The monoisotopic (exact) mass is 367 g/mol. The molecule has 2 heterocycles. The molecule has 0 aromatic heterocycles. The molecular weight excluding hydrogens is 346 g/mol. The van der Waals surface area contributed by atoms with Gasteiger partial charge in [0.25, 0.3) is 5.91 Å². The minimum Gasteiger partial charge on any atom is -0.479 e. The number of amides is 2. The van der Waals surface area contributed by atoms with Crippen molar-refractivity contribution >= 4 is 23.4 Å². The van der Waals surface area contributed by atoms with Gasteiger partial charge in [-0.2, -0.15) is 0 Å². The third-order valence-corrected chi connectivity index (χ3v) is 4.70. The number of piperazine rings is 1. The summed E-state index contributed by atoms with van der Waals surface area (Å²) in [5, 5.41) is 2.82. The number of nitrogens with zero attached hydrogens (tertiary/aromatic N) is 2. The summed E-state index contributed by atoms with van der Waals surface area (Å²) < 4.78 is 11.0. The summed E-state index contributed by atoms with van der Waals surface area (Å²) in [4.78, 5) is 27.7. The highest BCUT2D eigenvalue weighted by Crippen LogP contribution is 2.38. The van der Waals surface area contributed by atoms with E-state index in [1.807, 2.05) is 48.5 Å². The molecule has 2 aromatic rings. The molecule has 0 aliphatic carbocycles. The molecule has 27 heavy (non-hydrogen) atoms. The molecule has 0 saturated carbocycles. The fraction of sp³-hybridized carbons (Fsp3) is 0.300. The highest BCUT2D eigenvalue weighted by Gasteiger charge is 2.26. The lowest BCUT2D eigenvalue weighted by Crippen LogP contribution is -2.49. The predicted molar refractivity (Wildman–Crippen MR) is 101 cm³/mol. The van der Waals surface area contributed by atoms with Gasteiger partial charge < -0.3 is 24.6 Å². The number of hydrogen-bond donors (Lipinski definition) is 1. The van der Waals surface area contributed by atoms with Crippen LogP contribution in [0, 0.1) is 0 Å².